The van der Waals surface area contributed by atoms with Gasteiger partial charge in [0.15, 0.2) is 9.84 Å². The first-order valence-corrected chi connectivity index (χ1v) is 9.81. The van der Waals surface area contributed by atoms with Crippen molar-refractivity contribution in [3.8, 4) is 0 Å². The molecule has 1 aromatic rings. The molecular formula is C14H19BrClNO2S. The van der Waals surface area contributed by atoms with Gasteiger partial charge in [-0.25, -0.2) is 8.42 Å². The van der Waals surface area contributed by atoms with Crippen molar-refractivity contribution in [1.82, 2.24) is 5.32 Å². The van der Waals surface area contributed by atoms with Gasteiger partial charge in [-0.3, -0.25) is 0 Å². The van der Waals surface area contributed by atoms with Crippen LogP contribution in [0.3, 0.4) is 0 Å². The van der Waals surface area contributed by atoms with Crippen LogP contribution in [0.4, 0.5) is 0 Å². The molecule has 1 heterocycles. The summed E-state index contributed by atoms with van der Waals surface area (Å²) < 4.78 is 24.3. The molecule has 2 atom stereocenters. The minimum Gasteiger partial charge on any atom is -0.310 e. The van der Waals surface area contributed by atoms with Crippen LogP contribution in [-0.2, 0) is 9.84 Å². The van der Waals surface area contributed by atoms with Gasteiger partial charge < -0.3 is 5.32 Å². The van der Waals surface area contributed by atoms with Crippen molar-refractivity contribution in [3.63, 3.8) is 0 Å². The van der Waals surface area contributed by atoms with Gasteiger partial charge in [-0.05, 0) is 58.9 Å². The maximum atomic E-state index is 11.7. The quantitative estimate of drug-likeness (QED) is 0.849. The van der Waals surface area contributed by atoms with E-state index in [1.165, 1.54) is 0 Å². The van der Waals surface area contributed by atoms with Crippen LogP contribution in [0, 0.1) is 5.92 Å². The Balaban J connectivity index is 2.25. The maximum Gasteiger partial charge on any atom is 0.150 e. The number of hydrogen-bond donors (Lipinski definition) is 1. The fourth-order valence-corrected chi connectivity index (χ4v) is 5.00. The van der Waals surface area contributed by atoms with E-state index in [4.69, 9.17) is 11.6 Å². The molecule has 0 spiro atoms. The Bertz CT molecular complexity index is 577. The van der Waals surface area contributed by atoms with Crippen molar-refractivity contribution in [1.29, 1.82) is 0 Å². The molecule has 0 saturated carbocycles. The largest absolute Gasteiger partial charge is 0.310 e. The Morgan fingerprint density at radius 3 is 2.80 bits per heavy atom. The van der Waals surface area contributed by atoms with Crippen LogP contribution >= 0.6 is 27.5 Å². The predicted octanol–water partition coefficient (Wildman–Crippen LogP) is 3.58. The van der Waals surface area contributed by atoms with Gasteiger partial charge in [-0.1, -0.05) is 24.6 Å². The van der Waals surface area contributed by atoms with Gasteiger partial charge in [-0.2, -0.15) is 0 Å². The average molecular weight is 381 g/mol. The van der Waals surface area contributed by atoms with Crippen LogP contribution in [-0.4, -0.2) is 26.5 Å². The third-order valence-electron chi connectivity index (χ3n) is 3.66. The summed E-state index contributed by atoms with van der Waals surface area (Å²) in [4.78, 5) is 0. The van der Waals surface area contributed by atoms with Crippen molar-refractivity contribution in [2.24, 2.45) is 5.92 Å². The van der Waals surface area contributed by atoms with E-state index in [0.29, 0.717) is 10.8 Å². The zero-order valence-electron chi connectivity index (χ0n) is 11.4. The van der Waals surface area contributed by atoms with E-state index in [-0.39, 0.29) is 17.7 Å². The lowest BCUT2D eigenvalue weighted by Gasteiger charge is -2.25. The third kappa shape index (κ3) is 3.97. The van der Waals surface area contributed by atoms with Gasteiger partial charge in [0, 0.05) is 10.5 Å². The fraction of sp³-hybridized carbons (Fsp3) is 0.571. The van der Waals surface area contributed by atoms with Gasteiger partial charge >= 0.3 is 0 Å². The summed E-state index contributed by atoms with van der Waals surface area (Å²) in [5.74, 6) is 0.713. The van der Waals surface area contributed by atoms with Gasteiger partial charge in [-0.15, -0.1) is 0 Å². The normalized spacial score (nSPS) is 22.9. The molecule has 1 aliphatic heterocycles. The molecule has 0 aliphatic carbocycles. The predicted molar refractivity (Wildman–Crippen MR) is 86.9 cm³/mol. The average Bonchev–Trinajstić information content (AvgIpc) is 2.74. The second kappa shape index (κ2) is 6.77. The maximum absolute atomic E-state index is 11.7. The molecule has 20 heavy (non-hydrogen) atoms. The number of rotatable bonds is 5. The van der Waals surface area contributed by atoms with Crippen molar-refractivity contribution in [2.45, 2.75) is 25.8 Å². The van der Waals surface area contributed by atoms with Crippen molar-refractivity contribution < 1.29 is 8.42 Å². The van der Waals surface area contributed by atoms with Crippen LogP contribution < -0.4 is 5.32 Å². The minimum absolute atomic E-state index is 0.0702. The van der Waals surface area contributed by atoms with Crippen molar-refractivity contribution in [2.75, 3.05) is 18.1 Å². The second-order valence-electron chi connectivity index (χ2n) is 5.27. The minimum atomic E-state index is -2.87. The second-order valence-corrected chi connectivity index (χ2v) is 8.76. The van der Waals surface area contributed by atoms with Crippen LogP contribution in [0.5, 0.6) is 0 Å². The highest BCUT2D eigenvalue weighted by Crippen LogP contribution is 2.34. The lowest BCUT2D eigenvalue weighted by molar-refractivity contribution is 0.392. The summed E-state index contributed by atoms with van der Waals surface area (Å²) in [7, 11) is -2.87. The van der Waals surface area contributed by atoms with Crippen molar-refractivity contribution in [3.05, 3.63) is 33.3 Å². The molecule has 2 unspecified atom stereocenters. The van der Waals surface area contributed by atoms with E-state index in [0.717, 1.165) is 29.4 Å². The molecule has 0 radical (unpaired) electrons. The van der Waals surface area contributed by atoms with E-state index in [9.17, 15) is 8.42 Å². The summed E-state index contributed by atoms with van der Waals surface area (Å²) in [6.07, 6.45) is 1.74. The van der Waals surface area contributed by atoms with E-state index >= 15 is 0 Å². The Labute approximate surface area is 134 Å². The molecule has 6 heteroatoms. The highest BCUT2D eigenvalue weighted by atomic mass is 79.9. The van der Waals surface area contributed by atoms with E-state index < -0.39 is 9.84 Å². The van der Waals surface area contributed by atoms with E-state index in [2.05, 4.69) is 28.2 Å². The molecule has 2 rings (SSSR count). The first-order valence-electron chi connectivity index (χ1n) is 6.81. The third-order valence-corrected chi connectivity index (χ3v) is 6.66. The summed E-state index contributed by atoms with van der Waals surface area (Å²) in [6.45, 7) is 2.98. The summed E-state index contributed by atoms with van der Waals surface area (Å²) in [6, 6.07) is 5.89. The first kappa shape index (κ1) is 16.3. The molecule has 0 aromatic heterocycles. The van der Waals surface area contributed by atoms with Gasteiger partial charge in [0.2, 0.25) is 0 Å². The zero-order chi connectivity index (χ0) is 14.8. The van der Waals surface area contributed by atoms with Gasteiger partial charge in [0.1, 0.15) is 0 Å². The molecule has 1 saturated heterocycles. The fourth-order valence-electron chi connectivity index (χ4n) is 2.65. The van der Waals surface area contributed by atoms with Crippen LogP contribution in [0.25, 0.3) is 0 Å². The first-order chi connectivity index (χ1) is 9.43. The monoisotopic (exact) mass is 379 g/mol. The van der Waals surface area contributed by atoms with Crippen molar-refractivity contribution >= 4 is 37.4 Å². The SMILES string of the molecule is CCCNC(c1ccc(Cl)c(Br)c1)C1CCS(=O)(=O)C1. The lowest BCUT2D eigenvalue weighted by Crippen LogP contribution is -2.29. The van der Waals surface area contributed by atoms with Crippen LogP contribution in [0.1, 0.15) is 31.4 Å². The molecule has 0 bridgehead atoms. The Morgan fingerprint density at radius 1 is 1.50 bits per heavy atom. The molecule has 3 nitrogen and oxygen atoms in total. The molecular weight excluding hydrogens is 362 g/mol. The van der Waals surface area contributed by atoms with Crippen LogP contribution in [0.2, 0.25) is 5.02 Å². The highest BCUT2D eigenvalue weighted by Gasteiger charge is 2.34. The summed E-state index contributed by atoms with van der Waals surface area (Å²) >= 11 is 9.47. The van der Waals surface area contributed by atoms with Gasteiger partial charge in [0.05, 0.1) is 16.5 Å². The molecule has 1 aliphatic rings. The smallest absolute Gasteiger partial charge is 0.150 e. The summed E-state index contributed by atoms with van der Waals surface area (Å²) in [5, 5.41) is 4.15. The van der Waals surface area contributed by atoms with E-state index in [1.807, 2.05) is 18.2 Å². The number of hydrogen-bond acceptors (Lipinski definition) is 3. The Hall–Kier alpha value is -0.100. The molecule has 1 fully saturated rings. The van der Waals surface area contributed by atoms with Crippen LogP contribution in [0.15, 0.2) is 22.7 Å². The Morgan fingerprint density at radius 2 is 2.25 bits per heavy atom. The molecule has 1 N–H and O–H groups in total. The number of halogens is 2. The standard InChI is InChI=1S/C14H19BrClNO2S/c1-2-6-17-14(11-5-7-20(18,19)9-11)10-3-4-13(16)12(15)8-10/h3-4,8,11,14,17H,2,5-7,9H2,1H3. The molecule has 112 valence electrons. The molecule has 1 aromatic carbocycles. The van der Waals surface area contributed by atoms with E-state index in [1.54, 1.807) is 0 Å². The number of nitrogens with one attached hydrogen (secondary N) is 1. The Kier molecular flexibility index (Phi) is 5.51. The lowest BCUT2D eigenvalue weighted by atomic mass is 9.92. The summed E-state index contributed by atoms with van der Waals surface area (Å²) in [5.41, 5.74) is 1.09. The number of benzene rings is 1. The highest BCUT2D eigenvalue weighted by molar-refractivity contribution is 9.10. The zero-order valence-corrected chi connectivity index (χ0v) is 14.6. The molecule has 0 amide bonds. The van der Waals surface area contributed by atoms with Gasteiger partial charge in [0.25, 0.3) is 0 Å². The topological polar surface area (TPSA) is 46.2 Å². The number of sulfone groups is 1.